The first-order valence-electron chi connectivity index (χ1n) is 9.45. The van der Waals surface area contributed by atoms with Gasteiger partial charge in [-0.05, 0) is 55.2 Å². The maximum Gasteiger partial charge on any atom is 0.282 e. The number of carbonyl (C=O) groups excluding carboxylic acids is 1. The summed E-state index contributed by atoms with van der Waals surface area (Å²) in [5.74, 6) is -0.264. The molecule has 1 heterocycles. The van der Waals surface area contributed by atoms with E-state index in [-0.39, 0.29) is 17.2 Å². The minimum absolute atomic E-state index is 0.144. The Morgan fingerprint density at radius 1 is 1.18 bits per heavy atom. The number of nitro groups is 1. The Kier molecular flexibility index (Phi) is 5.82. The Labute approximate surface area is 165 Å². The number of aryl methyl sites for hydroxylation is 1. The van der Waals surface area contributed by atoms with Crippen molar-refractivity contribution in [2.75, 3.05) is 37.4 Å². The summed E-state index contributed by atoms with van der Waals surface area (Å²) in [6.07, 6.45) is 1.89. The van der Waals surface area contributed by atoms with Crippen LogP contribution in [0.15, 0.2) is 36.4 Å². The van der Waals surface area contributed by atoms with Crippen molar-refractivity contribution in [3.63, 3.8) is 0 Å². The second-order valence-corrected chi connectivity index (χ2v) is 7.35. The summed E-state index contributed by atoms with van der Waals surface area (Å²) in [5, 5.41) is 14.7. The number of nitro benzene ring substituents is 1. The Bertz CT molecular complexity index is 889. The van der Waals surface area contributed by atoms with E-state index in [2.05, 4.69) is 35.3 Å². The fourth-order valence-electron chi connectivity index (χ4n) is 3.42. The Balaban J connectivity index is 1.80. The average molecular weight is 382 g/mol. The second-order valence-electron chi connectivity index (χ2n) is 7.35. The van der Waals surface area contributed by atoms with Gasteiger partial charge in [-0.2, -0.15) is 0 Å². The molecule has 0 atom stereocenters. The number of benzene rings is 2. The van der Waals surface area contributed by atoms with E-state index >= 15 is 0 Å². The lowest BCUT2D eigenvalue weighted by Gasteiger charge is -2.17. The van der Waals surface area contributed by atoms with Crippen molar-refractivity contribution in [1.82, 2.24) is 4.90 Å². The molecule has 0 saturated carbocycles. The lowest BCUT2D eigenvalue weighted by Crippen LogP contribution is -2.28. The number of nitrogens with one attached hydrogen (secondary N) is 1. The van der Waals surface area contributed by atoms with Crippen LogP contribution in [0, 0.1) is 17.0 Å². The molecule has 1 saturated heterocycles. The van der Waals surface area contributed by atoms with Crippen LogP contribution in [-0.4, -0.2) is 42.9 Å². The fraction of sp³-hybridized carbons (Fsp3) is 0.381. The Hall–Kier alpha value is -3.09. The van der Waals surface area contributed by atoms with Gasteiger partial charge in [0.25, 0.3) is 11.6 Å². The maximum atomic E-state index is 12.7. The van der Waals surface area contributed by atoms with Crippen LogP contribution >= 0.6 is 0 Å². The van der Waals surface area contributed by atoms with Crippen LogP contribution in [0.5, 0.6) is 0 Å². The molecule has 0 aromatic heterocycles. The predicted octanol–water partition coefficient (Wildman–Crippen LogP) is 3.82. The van der Waals surface area contributed by atoms with Crippen molar-refractivity contribution in [3.05, 3.63) is 63.2 Å². The minimum atomic E-state index is -0.489. The van der Waals surface area contributed by atoms with E-state index in [0.717, 1.165) is 29.7 Å². The summed E-state index contributed by atoms with van der Waals surface area (Å²) in [7, 11) is 4.00. The van der Waals surface area contributed by atoms with Gasteiger partial charge in [0.2, 0.25) is 0 Å². The van der Waals surface area contributed by atoms with Crippen LogP contribution in [-0.2, 0) is 6.54 Å². The molecule has 1 aliphatic heterocycles. The van der Waals surface area contributed by atoms with Gasteiger partial charge in [0.15, 0.2) is 0 Å². The molecule has 2 aromatic carbocycles. The van der Waals surface area contributed by atoms with Gasteiger partial charge < -0.3 is 15.1 Å². The van der Waals surface area contributed by atoms with Gasteiger partial charge in [-0.1, -0.05) is 6.07 Å². The first kappa shape index (κ1) is 19.7. The van der Waals surface area contributed by atoms with Crippen LogP contribution in [0.3, 0.4) is 0 Å². The zero-order valence-corrected chi connectivity index (χ0v) is 16.6. The topological polar surface area (TPSA) is 78.7 Å². The summed E-state index contributed by atoms with van der Waals surface area (Å²) in [4.78, 5) is 27.4. The normalized spacial score (nSPS) is 13.5. The minimum Gasteiger partial charge on any atom is -0.381 e. The van der Waals surface area contributed by atoms with Crippen molar-refractivity contribution in [2.24, 2.45) is 0 Å². The van der Waals surface area contributed by atoms with E-state index in [1.165, 1.54) is 6.07 Å². The molecular formula is C21H26N4O3. The molecule has 0 unspecified atom stereocenters. The highest BCUT2D eigenvalue weighted by Gasteiger charge is 2.26. The quantitative estimate of drug-likeness (QED) is 0.607. The molecule has 2 aromatic rings. The van der Waals surface area contributed by atoms with E-state index in [4.69, 9.17) is 0 Å². The molecule has 1 amide bonds. The van der Waals surface area contributed by atoms with Crippen molar-refractivity contribution >= 4 is 23.0 Å². The zero-order valence-electron chi connectivity index (χ0n) is 16.6. The lowest BCUT2D eigenvalue weighted by molar-refractivity contribution is -0.385. The first-order valence-corrected chi connectivity index (χ1v) is 9.45. The number of amides is 1. The monoisotopic (exact) mass is 382 g/mol. The molecule has 0 bridgehead atoms. The van der Waals surface area contributed by atoms with E-state index < -0.39 is 4.92 Å². The number of nitrogens with zero attached hydrogens (tertiary/aromatic N) is 3. The van der Waals surface area contributed by atoms with E-state index in [0.29, 0.717) is 25.3 Å². The summed E-state index contributed by atoms with van der Waals surface area (Å²) >= 11 is 0. The second kappa shape index (κ2) is 8.29. The Morgan fingerprint density at radius 2 is 1.89 bits per heavy atom. The largest absolute Gasteiger partial charge is 0.381 e. The van der Waals surface area contributed by atoms with E-state index in [1.807, 2.05) is 14.1 Å². The van der Waals surface area contributed by atoms with Crippen LogP contribution in [0.4, 0.5) is 17.1 Å². The van der Waals surface area contributed by atoms with Gasteiger partial charge in [-0.25, -0.2) is 0 Å². The lowest BCUT2D eigenvalue weighted by atomic mass is 10.1. The molecule has 28 heavy (non-hydrogen) atoms. The van der Waals surface area contributed by atoms with Gasteiger partial charge in [0.1, 0.15) is 5.56 Å². The number of likely N-dealkylation sites (tertiary alicyclic amines) is 1. The maximum absolute atomic E-state index is 12.7. The summed E-state index contributed by atoms with van der Waals surface area (Å²) in [5.41, 5.74) is 4.13. The standard InChI is InChI=1S/C21H26N4O3/c1-15-12-18(23(2)3)8-6-16(15)14-22-17-7-9-20(25(27)28)19(13-17)21(26)24-10-4-5-11-24/h6-9,12-13,22H,4-5,10-11,14H2,1-3H3. The van der Waals surface area contributed by atoms with Gasteiger partial charge in [0, 0.05) is 51.2 Å². The Morgan fingerprint density at radius 3 is 2.50 bits per heavy atom. The first-order chi connectivity index (χ1) is 13.4. The van der Waals surface area contributed by atoms with Crippen LogP contribution < -0.4 is 10.2 Å². The van der Waals surface area contributed by atoms with E-state index in [1.54, 1.807) is 17.0 Å². The number of carbonyl (C=O) groups is 1. The van der Waals surface area contributed by atoms with Gasteiger partial charge in [0.05, 0.1) is 4.92 Å². The predicted molar refractivity (Wildman–Crippen MR) is 111 cm³/mol. The highest BCUT2D eigenvalue weighted by molar-refractivity contribution is 5.99. The van der Waals surface area contributed by atoms with Crippen LogP contribution in [0.1, 0.15) is 34.3 Å². The summed E-state index contributed by atoms with van der Waals surface area (Å²) in [6, 6.07) is 10.9. The molecular weight excluding hydrogens is 356 g/mol. The molecule has 0 radical (unpaired) electrons. The third-order valence-corrected chi connectivity index (χ3v) is 5.14. The highest BCUT2D eigenvalue weighted by Crippen LogP contribution is 2.26. The van der Waals surface area contributed by atoms with Crippen molar-refractivity contribution in [3.8, 4) is 0 Å². The van der Waals surface area contributed by atoms with Gasteiger partial charge in [-0.15, -0.1) is 0 Å². The van der Waals surface area contributed by atoms with Gasteiger partial charge in [-0.3, -0.25) is 14.9 Å². The van der Waals surface area contributed by atoms with E-state index in [9.17, 15) is 14.9 Å². The van der Waals surface area contributed by atoms with Crippen molar-refractivity contribution in [1.29, 1.82) is 0 Å². The van der Waals surface area contributed by atoms with Crippen LogP contribution in [0.2, 0.25) is 0 Å². The van der Waals surface area contributed by atoms with Crippen molar-refractivity contribution in [2.45, 2.75) is 26.3 Å². The molecule has 1 aliphatic rings. The smallest absolute Gasteiger partial charge is 0.282 e. The molecule has 0 aliphatic carbocycles. The van der Waals surface area contributed by atoms with Crippen molar-refractivity contribution < 1.29 is 9.72 Å². The summed E-state index contributed by atoms with van der Waals surface area (Å²) < 4.78 is 0. The summed E-state index contributed by atoms with van der Waals surface area (Å²) in [6.45, 7) is 3.95. The molecule has 148 valence electrons. The number of rotatable bonds is 6. The molecule has 1 N–H and O–H groups in total. The molecule has 0 spiro atoms. The van der Waals surface area contributed by atoms with Crippen LogP contribution in [0.25, 0.3) is 0 Å². The molecule has 1 fully saturated rings. The number of anilines is 2. The fourth-order valence-corrected chi connectivity index (χ4v) is 3.42. The molecule has 7 nitrogen and oxygen atoms in total. The third-order valence-electron chi connectivity index (χ3n) is 5.14. The van der Waals surface area contributed by atoms with Gasteiger partial charge >= 0.3 is 0 Å². The molecule has 3 rings (SSSR count). The SMILES string of the molecule is Cc1cc(N(C)C)ccc1CNc1ccc([N+](=O)[O-])c(C(=O)N2CCCC2)c1. The zero-order chi connectivity index (χ0) is 20.3. The number of hydrogen-bond acceptors (Lipinski definition) is 5. The number of hydrogen-bond donors (Lipinski definition) is 1. The third kappa shape index (κ3) is 4.24. The molecule has 7 heteroatoms. The average Bonchev–Trinajstić information content (AvgIpc) is 3.20. The highest BCUT2D eigenvalue weighted by atomic mass is 16.6.